The number of benzene rings is 1. The van der Waals surface area contributed by atoms with Crippen molar-refractivity contribution in [1.29, 1.82) is 0 Å². The number of sulfone groups is 1. The molecule has 5 nitrogen and oxygen atoms in total. The van der Waals surface area contributed by atoms with Crippen LogP contribution < -0.4 is 4.90 Å². The zero-order valence-corrected chi connectivity index (χ0v) is 13.3. The van der Waals surface area contributed by atoms with E-state index in [0.717, 1.165) is 0 Å². The second kappa shape index (κ2) is 5.65. The first-order valence-corrected chi connectivity index (χ1v) is 8.83. The summed E-state index contributed by atoms with van der Waals surface area (Å²) in [5, 5.41) is 0. The molecule has 108 valence electrons. The molecule has 0 fully saturated rings. The van der Waals surface area contributed by atoms with Crippen LogP contribution in [0.3, 0.4) is 0 Å². The highest BCUT2D eigenvalue weighted by atomic mass is 79.9. The molecule has 0 atom stereocenters. The van der Waals surface area contributed by atoms with Gasteiger partial charge in [0.2, 0.25) is 0 Å². The van der Waals surface area contributed by atoms with Crippen molar-refractivity contribution in [3.05, 3.63) is 28.2 Å². The number of carbonyl (C=O) groups excluding carboxylic acids is 2. The Hall–Kier alpha value is -1.21. The Morgan fingerprint density at radius 1 is 1.20 bits per heavy atom. The van der Waals surface area contributed by atoms with E-state index < -0.39 is 21.5 Å². The maximum absolute atomic E-state index is 11.9. The summed E-state index contributed by atoms with van der Waals surface area (Å²) < 4.78 is 24.1. The van der Waals surface area contributed by atoms with Gasteiger partial charge in [0.15, 0.2) is 9.84 Å². The smallest absolute Gasteiger partial charge is 0.299 e. The molecule has 1 aromatic carbocycles. The van der Waals surface area contributed by atoms with Crippen LogP contribution in [0.2, 0.25) is 0 Å². The number of carbonyl (C=O) groups is 2. The fourth-order valence-electron chi connectivity index (χ4n) is 2.14. The summed E-state index contributed by atoms with van der Waals surface area (Å²) in [5.74, 6) is -1.29. The minimum atomic E-state index is -3.19. The third-order valence-corrected chi connectivity index (χ3v) is 5.40. The van der Waals surface area contributed by atoms with Crippen LogP contribution >= 0.6 is 15.9 Å². The number of hydrogen-bond acceptors (Lipinski definition) is 4. The summed E-state index contributed by atoms with van der Waals surface area (Å²) >= 11 is 3.25. The van der Waals surface area contributed by atoms with Crippen LogP contribution in [-0.4, -0.2) is 38.2 Å². The lowest BCUT2D eigenvalue weighted by Gasteiger charge is -2.16. The maximum atomic E-state index is 11.9. The molecule has 20 heavy (non-hydrogen) atoms. The molecule has 0 saturated carbocycles. The molecule has 1 heterocycles. The van der Waals surface area contributed by atoms with E-state index in [-0.39, 0.29) is 18.1 Å². The highest BCUT2D eigenvalue weighted by Crippen LogP contribution is 2.31. The topological polar surface area (TPSA) is 71.5 Å². The van der Waals surface area contributed by atoms with E-state index >= 15 is 0 Å². The zero-order chi connectivity index (χ0) is 14.9. The maximum Gasteiger partial charge on any atom is 0.299 e. The molecule has 1 aliphatic rings. The van der Waals surface area contributed by atoms with E-state index in [1.165, 1.54) is 4.90 Å². The summed E-state index contributed by atoms with van der Waals surface area (Å²) in [5.41, 5.74) is 0.798. The fraction of sp³-hybridized carbons (Fsp3) is 0.385. The molecule has 0 unspecified atom stereocenters. The number of fused-ring (bicyclic) bond motifs is 1. The Kier molecular flexibility index (Phi) is 4.29. The van der Waals surface area contributed by atoms with Gasteiger partial charge in [-0.3, -0.25) is 9.59 Å². The molecule has 1 aromatic rings. The van der Waals surface area contributed by atoms with Crippen LogP contribution in [0.25, 0.3) is 0 Å². The van der Waals surface area contributed by atoms with Crippen molar-refractivity contribution in [1.82, 2.24) is 0 Å². The summed E-state index contributed by atoms with van der Waals surface area (Å²) in [7, 11) is -3.19. The molecule has 0 saturated heterocycles. The van der Waals surface area contributed by atoms with Crippen LogP contribution in [-0.2, 0) is 14.6 Å². The van der Waals surface area contributed by atoms with E-state index in [4.69, 9.17) is 0 Å². The highest BCUT2D eigenvalue weighted by molar-refractivity contribution is 9.10. The molecular weight excluding hydrogens is 346 g/mol. The van der Waals surface area contributed by atoms with Gasteiger partial charge >= 0.3 is 0 Å². The Labute approximate surface area is 126 Å². The molecule has 0 spiro atoms. The van der Waals surface area contributed by atoms with E-state index in [1.807, 2.05) is 0 Å². The first-order chi connectivity index (χ1) is 9.35. The van der Waals surface area contributed by atoms with E-state index in [1.54, 1.807) is 25.1 Å². The molecule has 0 aliphatic carbocycles. The molecule has 0 radical (unpaired) electrons. The van der Waals surface area contributed by atoms with Crippen molar-refractivity contribution in [2.24, 2.45) is 0 Å². The molecular formula is C13H14BrNO4S. The SMILES string of the molecule is CCCS(=O)(=O)CCN1C(=O)C(=O)c2cc(Br)ccc21. The molecule has 0 bridgehead atoms. The van der Waals surface area contributed by atoms with E-state index in [9.17, 15) is 18.0 Å². The van der Waals surface area contributed by atoms with Crippen LogP contribution in [0.15, 0.2) is 22.7 Å². The highest BCUT2D eigenvalue weighted by Gasteiger charge is 2.36. The van der Waals surface area contributed by atoms with Gasteiger partial charge in [0, 0.05) is 16.8 Å². The molecule has 0 aromatic heterocycles. The quantitative estimate of drug-likeness (QED) is 0.751. The molecule has 1 aliphatic heterocycles. The monoisotopic (exact) mass is 359 g/mol. The average Bonchev–Trinajstić information content (AvgIpc) is 2.60. The summed E-state index contributed by atoms with van der Waals surface area (Å²) in [6.07, 6.45) is 0.540. The lowest BCUT2D eigenvalue weighted by Crippen LogP contribution is -2.34. The number of hydrogen-bond donors (Lipinski definition) is 0. The molecule has 1 amide bonds. The second-order valence-corrected chi connectivity index (χ2v) is 7.82. The predicted octanol–water partition coefficient (Wildman–Crippen LogP) is 1.80. The first kappa shape index (κ1) is 15.2. The number of anilines is 1. The largest absolute Gasteiger partial charge is 0.304 e. The van der Waals surface area contributed by atoms with Crippen LogP contribution in [0.4, 0.5) is 5.69 Å². The number of halogens is 1. The number of amides is 1. The fourth-order valence-corrected chi connectivity index (χ4v) is 3.79. The summed E-state index contributed by atoms with van der Waals surface area (Å²) in [4.78, 5) is 25.0. The number of ketones is 1. The van der Waals surface area contributed by atoms with Gasteiger partial charge in [0.25, 0.3) is 11.7 Å². The molecule has 2 rings (SSSR count). The number of nitrogens with zero attached hydrogens (tertiary/aromatic N) is 1. The lowest BCUT2D eigenvalue weighted by atomic mass is 10.1. The van der Waals surface area contributed by atoms with Gasteiger partial charge in [0.05, 0.1) is 17.0 Å². The Morgan fingerprint density at radius 2 is 1.90 bits per heavy atom. The Balaban J connectivity index is 2.23. The van der Waals surface area contributed by atoms with Gasteiger partial charge in [-0.05, 0) is 24.6 Å². The van der Waals surface area contributed by atoms with Crippen LogP contribution in [0, 0.1) is 0 Å². The van der Waals surface area contributed by atoms with Gasteiger partial charge in [-0.25, -0.2) is 8.42 Å². The minimum absolute atomic E-state index is 0.0154. The minimum Gasteiger partial charge on any atom is -0.304 e. The lowest BCUT2D eigenvalue weighted by molar-refractivity contribution is -0.114. The van der Waals surface area contributed by atoms with Crippen LogP contribution in [0.5, 0.6) is 0 Å². The van der Waals surface area contributed by atoms with Crippen molar-refractivity contribution in [3.8, 4) is 0 Å². The van der Waals surface area contributed by atoms with Crippen molar-refractivity contribution in [2.45, 2.75) is 13.3 Å². The van der Waals surface area contributed by atoms with Gasteiger partial charge in [0.1, 0.15) is 0 Å². The third kappa shape index (κ3) is 2.93. The van der Waals surface area contributed by atoms with Gasteiger partial charge in [-0.2, -0.15) is 0 Å². The Morgan fingerprint density at radius 3 is 2.55 bits per heavy atom. The summed E-state index contributed by atoms with van der Waals surface area (Å²) in [6, 6.07) is 4.95. The second-order valence-electron chi connectivity index (χ2n) is 4.60. The number of rotatable bonds is 5. The van der Waals surface area contributed by atoms with Gasteiger partial charge in [-0.15, -0.1) is 0 Å². The van der Waals surface area contributed by atoms with Gasteiger partial charge < -0.3 is 4.90 Å². The predicted molar refractivity (Wildman–Crippen MR) is 79.8 cm³/mol. The van der Waals surface area contributed by atoms with E-state index in [2.05, 4.69) is 15.9 Å². The van der Waals surface area contributed by atoms with Crippen molar-refractivity contribution < 1.29 is 18.0 Å². The first-order valence-electron chi connectivity index (χ1n) is 6.22. The normalized spacial score (nSPS) is 14.8. The van der Waals surface area contributed by atoms with Crippen LogP contribution in [0.1, 0.15) is 23.7 Å². The Bertz CT molecular complexity index is 669. The standard InChI is InChI=1S/C13H14BrNO4S/c1-2-6-20(18,19)7-5-15-11-4-3-9(14)8-10(11)12(16)13(15)17/h3-4,8H,2,5-7H2,1H3. The van der Waals surface area contributed by atoms with Crippen molar-refractivity contribution >= 4 is 43.1 Å². The average molecular weight is 360 g/mol. The number of Topliss-reactive ketones (excluding diaryl/α,β-unsaturated/α-hetero) is 1. The summed E-state index contributed by atoms with van der Waals surface area (Å²) in [6.45, 7) is 1.80. The molecule has 7 heteroatoms. The van der Waals surface area contributed by atoms with Crippen molar-refractivity contribution in [3.63, 3.8) is 0 Å². The van der Waals surface area contributed by atoms with E-state index in [0.29, 0.717) is 22.1 Å². The third-order valence-electron chi connectivity index (χ3n) is 3.07. The zero-order valence-electron chi connectivity index (χ0n) is 10.9. The van der Waals surface area contributed by atoms with Gasteiger partial charge in [-0.1, -0.05) is 22.9 Å². The van der Waals surface area contributed by atoms with Crippen molar-refractivity contribution in [2.75, 3.05) is 23.0 Å². The molecule has 0 N–H and O–H groups in total.